The number of hydrogen-bond acceptors (Lipinski definition) is 7. The molecule has 2 aromatic heterocycles. The summed E-state index contributed by atoms with van der Waals surface area (Å²) in [5, 5.41) is 0.692. The third-order valence-electron chi connectivity index (χ3n) is 4.59. The molecular weight excluding hydrogens is 384 g/mol. The van der Waals surface area contributed by atoms with Crippen molar-refractivity contribution in [3.8, 4) is 5.75 Å². The molecule has 2 heterocycles. The second-order valence-electron chi connectivity index (χ2n) is 6.19. The van der Waals surface area contributed by atoms with Gasteiger partial charge in [0.2, 0.25) is 0 Å². The lowest BCUT2D eigenvalue weighted by atomic mass is 10.2. The molecule has 0 saturated heterocycles. The Bertz CT molecular complexity index is 1090. The quantitative estimate of drug-likeness (QED) is 0.519. The summed E-state index contributed by atoms with van der Waals surface area (Å²) in [6, 6.07) is 5.31. The number of nitrogens with one attached hydrogen (secondary N) is 1. The highest BCUT2D eigenvalue weighted by atomic mass is 32.2. The van der Waals surface area contributed by atoms with Gasteiger partial charge in [0.15, 0.2) is 0 Å². The Hall–Kier alpha value is -2.32. The number of carbonyl (C=O) groups excluding carboxylic acids is 1. The van der Waals surface area contributed by atoms with Crippen molar-refractivity contribution in [1.29, 1.82) is 0 Å². The number of H-pyrrole nitrogens is 1. The molecular formula is C19H18N2O4S2. The predicted octanol–water partition coefficient (Wildman–Crippen LogP) is 3.56. The number of aromatic nitrogens is 2. The molecule has 140 valence electrons. The zero-order valence-corrected chi connectivity index (χ0v) is 16.6. The number of aromatic amines is 1. The molecule has 1 aromatic carbocycles. The van der Waals surface area contributed by atoms with Crippen molar-refractivity contribution in [2.45, 2.75) is 30.8 Å². The standard InChI is InChI=1S/C19H18N2O4S2/c1-24-13-8-10(26-2)6-7-11(13)19(23)25-9-15-20-17(22)16-12-4-3-5-14(12)27-18(16)21-15/h6-8H,3-5,9H2,1-2H3,(H,20,21,22). The van der Waals surface area contributed by atoms with Gasteiger partial charge < -0.3 is 14.5 Å². The van der Waals surface area contributed by atoms with Crippen LogP contribution in [-0.4, -0.2) is 29.3 Å². The van der Waals surface area contributed by atoms with Crippen LogP contribution in [-0.2, 0) is 24.2 Å². The van der Waals surface area contributed by atoms with E-state index in [2.05, 4.69) is 9.97 Å². The monoisotopic (exact) mass is 402 g/mol. The van der Waals surface area contributed by atoms with E-state index < -0.39 is 5.97 Å². The molecule has 4 rings (SSSR count). The molecule has 0 aliphatic heterocycles. The molecule has 0 atom stereocenters. The molecule has 1 aliphatic carbocycles. The summed E-state index contributed by atoms with van der Waals surface area (Å²) in [5.41, 5.74) is 1.31. The first kappa shape index (κ1) is 18.1. The van der Waals surface area contributed by atoms with E-state index in [4.69, 9.17) is 9.47 Å². The number of thiophene rings is 1. The number of benzene rings is 1. The lowest BCUT2D eigenvalue weighted by molar-refractivity contribution is 0.0458. The molecule has 27 heavy (non-hydrogen) atoms. The molecule has 8 heteroatoms. The number of aryl methyl sites for hydroxylation is 2. The SMILES string of the molecule is COc1cc(SC)ccc1C(=O)OCc1nc2sc3c(c2c(=O)[nH]1)CCC3. The van der Waals surface area contributed by atoms with Gasteiger partial charge in [-0.2, -0.15) is 0 Å². The van der Waals surface area contributed by atoms with Crippen LogP contribution in [0.2, 0.25) is 0 Å². The zero-order chi connectivity index (χ0) is 19.0. The number of ether oxygens (including phenoxy) is 2. The fourth-order valence-corrected chi connectivity index (χ4v) is 5.00. The van der Waals surface area contributed by atoms with Crippen LogP contribution in [0, 0.1) is 0 Å². The molecule has 0 saturated carbocycles. The molecule has 0 amide bonds. The summed E-state index contributed by atoms with van der Waals surface area (Å²) in [6.45, 7) is -0.0972. The first-order chi connectivity index (χ1) is 13.1. The molecule has 0 bridgehead atoms. The van der Waals surface area contributed by atoms with Gasteiger partial charge >= 0.3 is 5.97 Å². The Kier molecular flexibility index (Phi) is 4.92. The molecule has 0 unspecified atom stereocenters. The van der Waals surface area contributed by atoms with E-state index in [9.17, 15) is 9.59 Å². The van der Waals surface area contributed by atoms with Gasteiger partial charge in [0, 0.05) is 9.77 Å². The van der Waals surface area contributed by atoms with Crippen LogP contribution in [0.3, 0.4) is 0 Å². The number of carbonyl (C=O) groups is 1. The Morgan fingerprint density at radius 2 is 2.22 bits per heavy atom. The van der Waals surface area contributed by atoms with E-state index in [0.717, 1.165) is 34.6 Å². The number of fused-ring (bicyclic) bond motifs is 3. The Morgan fingerprint density at radius 1 is 1.37 bits per heavy atom. The second-order valence-corrected chi connectivity index (χ2v) is 8.16. The highest BCUT2D eigenvalue weighted by molar-refractivity contribution is 7.98. The predicted molar refractivity (Wildman–Crippen MR) is 106 cm³/mol. The van der Waals surface area contributed by atoms with E-state index in [1.54, 1.807) is 35.2 Å². The van der Waals surface area contributed by atoms with E-state index in [0.29, 0.717) is 22.5 Å². The number of thioether (sulfide) groups is 1. The fraction of sp³-hybridized carbons (Fsp3) is 0.316. The normalized spacial score (nSPS) is 13.0. The average molecular weight is 402 g/mol. The first-order valence-corrected chi connectivity index (χ1v) is 10.6. The van der Waals surface area contributed by atoms with Crippen LogP contribution in [0.5, 0.6) is 5.75 Å². The average Bonchev–Trinajstić information content (AvgIpc) is 3.26. The van der Waals surface area contributed by atoms with Gasteiger partial charge in [0.05, 0.1) is 12.5 Å². The highest BCUT2D eigenvalue weighted by Crippen LogP contribution is 2.34. The van der Waals surface area contributed by atoms with Gasteiger partial charge in [0.1, 0.15) is 28.6 Å². The zero-order valence-electron chi connectivity index (χ0n) is 15.0. The lowest BCUT2D eigenvalue weighted by Crippen LogP contribution is -2.15. The van der Waals surface area contributed by atoms with Crippen molar-refractivity contribution in [2.75, 3.05) is 13.4 Å². The summed E-state index contributed by atoms with van der Waals surface area (Å²) < 4.78 is 10.6. The van der Waals surface area contributed by atoms with Crippen molar-refractivity contribution < 1.29 is 14.3 Å². The molecule has 0 spiro atoms. The van der Waals surface area contributed by atoms with E-state index in [1.807, 2.05) is 12.3 Å². The van der Waals surface area contributed by atoms with Gasteiger partial charge in [-0.3, -0.25) is 4.79 Å². The summed E-state index contributed by atoms with van der Waals surface area (Å²) >= 11 is 3.12. The highest BCUT2D eigenvalue weighted by Gasteiger charge is 2.21. The topological polar surface area (TPSA) is 81.3 Å². The van der Waals surface area contributed by atoms with Crippen LogP contribution < -0.4 is 10.3 Å². The molecule has 0 fully saturated rings. The van der Waals surface area contributed by atoms with Gasteiger partial charge in [0.25, 0.3) is 5.56 Å². The summed E-state index contributed by atoms with van der Waals surface area (Å²) in [6.07, 6.45) is 4.98. The Morgan fingerprint density at radius 3 is 3.00 bits per heavy atom. The fourth-order valence-electron chi connectivity index (χ4n) is 3.29. The Balaban J connectivity index is 1.55. The molecule has 3 aromatic rings. The molecule has 1 aliphatic rings. The lowest BCUT2D eigenvalue weighted by Gasteiger charge is -2.10. The summed E-state index contributed by atoms with van der Waals surface area (Å²) in [4.78, 5) is 35.1. The third-order valence-corrected chi connectivity index (χ3v) is 6.50. The maximum absolute atomic E-state index is 12.5. The van der Waals surface area contributed by atoms with Crippen LogP contribution in [0.4, 0.5) is 0 Å². The van der Waals surface area contributed by atoms with E-state index >= 15 is 0 Å². The molecule has 6 nitrogen and oxygen atoms in total. The van der Waals surface area contributed by atoms with Crippen molar-refractivity contribution in [3.05, 3.63) is 50.4 Å². The second kappa shape index (κ2) is 7.36. The minimum absolute atomic E-state index is 0.0972. The maximum atomic E-state index is 12.5. The van der Waals surface area contributed by atoms with E-state index in [1.165, 1.54) is 12.0 Å². The maximum Gasteiger partial charge on any atom is 0.342 e. The van der Waals surface area contributed by atoms with Crippen LogP contribution >= 0.6 is 23.1 Å². The van der Waals surface area contributed by atoms with Gasteiger partial charge in [-0.25, -0.2) is 9.78 Å². The molecule has 0 radical (unpaired) electrons. The minimum Gasteiger partial charge on any atom is -0.496 e. The van der Waals surface area contributed by atoms with Crippen LogP contribution in [0.15, 0.2) is 27.9 Å². The molecule has 1 N–H and O–H groups in total. The third kappa shape index (κ3) is 3.35. The number of hydrogen-bond donors (Lipinski definition) is 1. The first-order valence-electron chi connectivity index (χ1n) is 8.53. The minimum atomic E-state index is -0.518. The van der Waals surface area contributed by atoms with Crippen molar-refractivity contribution >= 4 is 39.3 Å². The van der Waals surface area contributed by atoms with Gasteiger partial charge in [-0.15, -0.1) is 23.1 Å². The number of rotatable bonds is 5. The smallest absolute Gasteiger partial charge is 0.342 e. The van der Waals surface area contributed by atoms with Crippen molar-refractivity contribution in [3.63, 3.8) is 0 Å². The van der Waals surface area contributed by atoms with Crippen LogP contribution in [0.25, 0.3) is 10.2 Å². The number of methoxy groups -OCH3 is 1. The van der Waals surface area contributed by atoms with Gasteiger partial charge in [-0.05, 0) is 49.3 Å². The summed E-state index contributed by atoms with van der Waals surface area (Å²) in [5.74, 6) is 0.287. The van der Waals surface area contributed by atoms with Crippen molar-refractivity contribution in [1.82, 2.24) is 9.97 Å². The van der Waals surface area contributed by atoms with E-state index in [-0.39, 0.29) is 12.2 Å². The largest absolute Gasteiger partial charge is 0.496 e. The number of nitrogens with zero attached hydrogens (tertiary/aromatic N) is 1. The van der Waals surface area contributed by atoms with Crippen LogP contribution in [0.1, 0.15) is 33.0 Å². The van der Waals surface area contributed by atoms with Gasteiger partial charge in [-0.1, -0.05) is 0 Å². The number of esters is 1. The van der Waals surface area contributed by atoms with Crippen molar-refractivity contribution in [2.24, 2.45) is 0 Å². The summed E-state index contributed by atoms with van der Waals surface area (Å²) in [7, 11) is 1.51. The Labute approximate surface area is 163 Å².